The largest absolute Gasteiger partial charge is 0.346 e. The normalized spacial score (nSPS) is 11.1. The van der Waals surface area contributed by atoms with Crippen molar-refractivity contribution in [3.05, 3.63) is 69.9 Å². The number of H-pyrrole nitrogens is 1. The van der Waals surface area contributed by atoms with E-state index in [1.54, 1.807) is 18.5 Å². The summed E-state index contributed by atoms with van der Waals surface area (Å²) in [5, 5.41) is 10.6. The molecule has 0 bridgehead atoms. The first kappa shape index (κ1) is 15.0. The van der Waals surface area contributed by atoms with Crippen LogP contribution in [-0.2, 0) is 6.54 Å². The Balaban J connectivity index is 1.74. The molecule has 4 aromatic rings. The summed E-state index contributed by atoms with van der Waals surface area (Å²) in [6.45, 7) is 2.22. The van der Waals surface area contributed by atoms with Gasteiger partial charge in [0.25, 0.3) is 11.5 Å². The molecule has 1 aromatic carbocycles. The summed E-state index contributed by atoms with van der Waals surface area (Å²) in [5.74, 6) is -0.462. The molecular weight excluding hydrogens is 320 g/mol. The summed E-state index contributed by atoms with van der Waals surface area (Å²) < 4.78 is 1.40. The third kappa shape index (κ3) is 2.63. The van der Waals surface area contributed by atoms with E-state index in [0.29, 0.717) is 11.0 Å². The van der Waals surface area contributed by atoms with E-state index >= 15 is 0 Å². The summed E-state index contributed by atoms with van der Waals surface area (Å²) in [4.78, 5) is 31.6. The highest BCUT2D eigenvalue weighted by Gasteiger charge is 2.19. The Morgan fingerprint density at radius 3 is 3.00 bits per heavy atom. The Morgan fingerprint density at radius 2 is 2.20 bits per heavy atom. The molecule has 4 rings (SSSR count). The van der Waals surface area contributed by atoms with Gasteiger partial charge in [-0.2, -0.15) is 0 Å². The number of amides is 1. The van der Waals surface area contributed by atoms with E-state index in [1.807, 2.05) is 31.2 Å². The fraction of sp³-hybridized carbons (Fsp3) is 0.118. The number of nitrogens with one attached hydrogen (secondary N) is 2. The molecule has 0 saturated carbocycles. The van der Waals surface area contributed by atoms with Gasteiger partial charge in [-0.3, -0.25) is 14.6 Å². The molecule has 0 radical (unpaired) electrons. The van der Waals surface area contributed by atoms with Gasteiger partial charge >= 0.3 is 0 Å². The van der Waals surface area contributed by atoms with Crippen LogP contribution in [0.1, 0.15) is 21.6 Å². The number of pyridine rings is 1. The first-order valence-corrected chi connectivity index (χ1v) is 7.68. The van der Waals surface area contributed by atoms with E-state index < -0.39 is 11.5 Å². The summed E-state index contributed by atoms with van der Waals surface area (Å²) in [6, 6.07) is 9.22. The highest BCUT2D eigenvalue weighted by molar-refractivity contribution is 5.99. The lowest BCUT2D eigenvalue weighted by atomic mass is 10.2. The maximum absolute atomic E-state index is 12.4. The van der Waals surface area contributed by atoms with E-state index in [-0.39, 0.29) is 17.8 Å². The van der Waals surface area contributed by atoms with Crippen LogP contribution in [0.15, 0.2) is 47.5 Å². The minimum Gasteiger partial charge on any atom is -0.346 e. The number of aromatic nitrogens is 5. The summed E-state index contributed by atoms with van der Waals surface area (Å²) >= 11 is 0. The first-order valence-electron chi connectivity index (χ1n) is 7.68. The highest BCUT2D eigenvalue weighted by Crippen LogP contribution is 2.14. The van der Waals surface area contributed by atoms with Crippen LogP contribution in [0, 0.1) is 6.92 Å². The van der Waals surface area contributed by atoms with Gasteiger partial charge in [0.1, 0.15) is 0 Å². The maximum Gasteiger partial charge on any atom is 0.277 e. The van der Waals surface area contributed by atoms with Crippen molar-refractivity contribution in [2.75, 3.05) is 0 Å². The molecule has 2 N–H and O–H groups in total. The third-order valence-corrected chi connectivity index (χ3v) is 3.90. The standard InChI is InChI=1S/C17H14N6O2/c1-10-4-5-13-12(7-10)20-17(25)15-14(21-22-23(13)15)16(24)19-9-11-3-2-6-18-8-11/h2-8H,9H2,1H3,(H,19,24)(H,20,25). The van der Waals surface area contributed by atoms with Crippen LogP contribution < -0.4 is 10.9 Å². The number of carbonyl (C=O) groups is 1. The van der Waals surface area contributed by atoms with Gasteiger partial charge < -0.3 is 10.3 Å². The lowest BCUT2D eigenvalue weighted by Crippen LogP contribution is -2.25. The van der Waals surface area contributed by atoms with Gasteiger partial charge in [-0.05, 0) is 36.2 Å². The van der Waals surface area contributed by atoms with Crippen LogP contribution in [0.25, 0.3) is 16.6 Å². The Morgan fingerprint density at radius 1 is 1.32 bits per heavy atom. The monoisotopic (exact) mass is 334 g/mol. The van der Waals surface area contributed by atoms with Crippen LogP contribution >= 0.6 is 0 Å². The van der Waals surface area contributed by atoms with Crippen molar-refractivity contribution in [2.45, 2.75) is 13.5 Å². The molecule has 0 fully saturated rings. The van der Waals surface area contributed by atoms with Gasteiger partial charge in [0.05, 0.1) is 11.0 Å². The topological polar surface area (TPSA) is 105 Å². The molecular formula is C17H14N6O2. The number of rotatable bonds is 3. The van der Waals surface area contributed by atoms with E-state index in [9.17, 15) is 9.59 Å². The number of nitrogens with zero attached hydrogens (tertiary/aromatic N) is 4. The quantitative estimate of drug-likeness (QED) is 0.586. The number of aromatic amines is 1. The van der Waals surface area contributed by atoms with Gasteiger partial charge in [0.2, 0.25) is 0 Å². The Labute approximate surface area is 141 Å². The van der Waals surface area contributed by atoms with Gasteiger partial charge in [0.15, 0.2) is 11.2 Å². The summed E-state index contributed by atoms with van der Waals surface area (Å²) in [6.07, 6.45) is 3.32. The zero-order chi connectivity index (χ0) is 17.4. The van der Waals surface area contributed by atoms with Crippen molar-refractivity contribution in [3.8, 4) is 0 Å². The molecule has 8 heteroatoms. The second kappa shape index (κ2) is 5.82. The lowest BCUT2D eigenvalue weighted by Gasteiger charge is -2.04. The maximum atomic E-state index is 12.4. The predicted molar refractivity (Wildman–Crippen MR) is 91.3 cm³/mol. The van der Waals surface area contributed by atoms with Crippen LogP contribution in [-0.4, -0.2) is 30.7 Å². The van der Waals surface area contributed by atoms with E-state index in [4.69, 9.17) is 0 Å². The molecule has 124 valence electrons. The fourth-order valence-electron chi connectivity index (χ4n) is 2.69. The molecule has 0 aliphatic carbocycles. The van der Waals surface area contributed by atoms with Crippen LogP contribution in [0.2, 0.25) is 0 Å². The summed E-state index contributed by atoms with van der Waals surface area (Å²) in [7, 11) is 0. The number of carbonyl (C=O) groups excluding carboxylic acids is 1. The molecule has 0 aliphatic rings. The average Bonchev–Trinajstić information content (AvgIpc) is 3.06. The van der Waals surface area contributed by atoms with Crippen molar-refractivity contribution < 1.29 is 4.79 Å². The van der Waals surface area contributed by atoms with Crippen molar-refractivity contribution >= 4 is 22.5 Å². The van der Waals surface area contributed by atoms with E-state index in [1.165, 1.54) is 4.52 Å². The van der Waals surface area contributed by atoms with Crippen LogP contribution in [0.5, 0.6) is 0 Å². The third-order valence-electron chi connectivity index (χ3n) is 3.90. The molecule has 0 unspecified atom stereocenters. The molecule has 0 aliphatic heterocycles. The zero-order valence-electron chi connectivity index (χ0n) is 13.4. The van der Waals surface area contributed by atoms with Gasteiger partial charge in [-0.1, -0.05) is 17.3 Å². The smallest absolute Gasteiger partial charge is 0.277 e. The minimum atomic E-state index is -0.462. The fourth-order valence-corrected chi connectivity index (χ4v) is 2.69. The number of benzene rings is 1. The van der Waals surface area contributed by atoms with Gasteiger partial charge in [-0.15, -0.1) is 5.10 Å². The predicted octanol–water partition coefficient (Wildman–Crippen LogP) is 1.20. The molecule has 0 spiro atoms. The van der Waals surface area contributed by atoms with E-state index in [0.717, 1.165) is 11.1 Å². The van der Waals surface area contributed by atoms with Crippen molar-refractivity contribution in [1.82, 2.24) is 30.1 Å². The lowest BCUT2D eigenvalue weighted by molar-refractivity contribution is 0.0947. The van der Waals surface area contributed by atoms with Gasteiger partial charge in [-0.25, -0.2) is 4.52 Å². The number of aryl methyl sites for hydroxylation is 1. The van der Waals surface area contributed by atoms with Crippen LogP contribution in [0.4, 0.5) is 0 Å². The van der Waals surface area contributed by atoms with Crippen LogP contribution in [0.3, 0.4) is 0 Å². The molecule has 0 saturated heterocycles. The Bertz CT molecular complexity index is 1150. The average molecular weight is 334 g/mol. The minimum absolute atomic E-state index is 0.00684. The highest BCUT2D eigenvalue weighted by atomic mass is 16.2. The molecule has 1 amide bonds. The number of fused-ring (bicyclic) bond motifs is 3. The number of hydrogen-bond donors (Lipinski definition) is 2. The molecule has 0 atom stereocenters. The summed E-state index contributed by atoms with van der Waals surface area (Å²) in [5.41, 5.74) is 2.89. The first-order chi connectivity index (χ1) is 12.1. The SMILES string of the molecule is Cc1ccc2c(c1)[nH]c(=O)c1c(C(=O)NCc3cccnc3)nnn12. The second-order valence-electron chi connectivity index (χ2n) is 5.72. The van der Waals surface area contributed by atoms with E-state index in [2.05, 4.69) is 25.6 Å². The Kier molecular flexibility index (Phi) is 3.50. The Hall–Kier alpha value is -3.55. The second-order valence-corrected chi connectivity index (χ2v) is 5.72. The zero-order valence-corrected chi connectivity index (χ0v) is 13.4. The molecule has 25 heavy (non-hydrogen) atoms. The van der Waals surface area contributed by atoms with Gasteiger partial charge in [0, 0.05) is 18.9 Å². The number of hydrogen-bond acceptors (Lipinski definition) is 5. The van der Waals surface area contributed by atoms with Crippen molar-refractivity contribution in [3.63, 3.8) is 0 Å². The van der Waals surface area contributed by atoms with Crippen molar-refractivity contribution in [2.24, 2.45) is 0 Å². The molecule has 3 aromatic heterocycles. The molecule has 8 nitrogen and oxygen atoms in total. The van der Waals surface area contributed by atoms with Crippen molar-refractivity contribution in [1.29, 1.82) is 0 Å². The molecule has 3 heterocycles.